The Morgan fingerprint density at radius 3 is 2.71 bits per heavy atom. The molecule has 5 heteroatoms. The normalized spacial score (nSPS) is 17.1. The van der Waals surface area contributed by atoms with Crippen LogP contribution in [0.3, 0.4) is 0 Å². The van der Waals surface area contributed by atoms with Gasteiger partial charge < -0.3 is 10.1 Å². The van der Waals surface area contributed by atoms with Gasteiger partial charge in [0.15, 0.2) is 5.69 Å². The first-order valence-corrected chi connectivity index (χ1v) is 5.77. The number of rotatable bonds is 4. The number of hydrogen-bond donors (Lipinski definition) is 1. The van der Waals surface area contributed by atoms with E-state index in [-0.39, 0.29) is 5.69 Å². The number of carbonyl (C=O) groups is 1. The minimum atomic E-state index is -0.463. The van der Waals surface area contributed by atoms with Gasteiger partial charge in [-0.05, 0) is 18.3 Å². The molecule has 0 amide bonds. The first-order valence-electron chi connectivity index (χ1n) is 5.77. The standard InChI is InChI=1S/C12H17N3O2/c1-12(4-3-5-12)8-15-10-7-13-9(6-14-10)11(16)17-2/h6-7H,3-5,8H2,1-2H3,(H,14,15). The van der Waals surface area contributed by atoms with Gasteiger partial charge in [-0.1, -0.05) is 13.3 Å². The van der Waals surface area contributed by atoms with Gasteiger partial charge in [-0.2, -0.15) is 0 Å². The van der Waals surface area contributed by atoms with Gasteiger partial charge in [-0.15, -0.1) is 0 Å². The van der Waals surface area contributed by atoms with Gasteiger partial charge >= 0.3 is 5.97 Å². The largest absolute Gasteiger partial charge is 0.464 e. The number of ether oxygens (including phenoxy) is 1. The maximum Gasteiger partial charge on any atom is 0.358 e. The van der Waals surface area contributed by atoms with Gasteiger partial charge in [0.1, 0.15) is 5.82 Å². The second-order valence-corrected chi connectivity index (χ2v) is 4.80. The maximum atomic E-state index is 11.2. The zero-order valence-electron chi connectivity index (χ0n) is 10.2. The predicted octanol–water partition coefficient (Wildman–Crippen LogP) is 1.87. The summed E-state index contributed by atoms with van der Waals surface area (Å²) in [5.41, 5.74) is 0.621. The monoisotopic (exact) mass is 235 g/mol. The van der Waals surface area contributed by atoms with Crippen LogP contribution < -0.4 is 5.32 Å². The first kappa shape index (κ1) is 11.8. The minimum absolute atomic E-state index is 0.230. The summed E-state index contributed by atoms with van der Waals surface area (Å²) in [4.78, 5) is 19.3. The molecule has 1 aliphatic carbocycles. The van der Waals surface area contributed by atoms with E-state index >= 15 is 0 Å². The second-order valence-electron chi connectivity index (χ2n) is 4.80. The van der Waals surface area contributed by atoms with Crippen LogP contribution in [0.2, 0.25) is 0 Å². The van der Waals surface area contributed by atoms with Gasteiger partial charge in [-0.3, -0.25) is 0 Å². The highest BCUT2D eigenvalue weighted by Gasteiger charge is 2.31. The number of methoxy groups -OCH3 is 1. The number of hydrogen-bond acceptors (Lipinski definition) is 5. The van der Waals surface area contributed by atoms with E-state index in [0.717, 1.165) is 6.54 Å². The summed E-state index contributed by atoms with van der Waals surface area (Å²) in [6.07, 6.45) is 6.82. The Morgan fingerprint density at radius 2 is 2.24 bits per heavy atom. The van der Waals surface area contributed by atoms with E-state index < -0.39 is 5.97 Å². The van der Waals surface area contributed by atoms with E-state index in [4.69, 9.17) is 0 Å². The van der Waals surface area contributed by atoms with E-state index in [1.807, 2.05) is 0 Å². The Balaban J connectivity index is 1.91. The van der Waals surface area contributed by atoms with Crippen molar-refractivity contribution in [1.82, 2.24) is 9.97 Å². The highest BCUT2D eigenvalue weighted by molar-refractivity contribution is 5.86. The van der Waals surface area contributed by atoms with E-state index in [0.29, 0.717) is 11.2 Å². The molecule has 0 radical (unpaired) electrons. The van der Waals surface area contributed by atoms with E-state index in [1.165, 1.54) is 32.6 Å². The lowest BCUT2D eigenvalue weighted by Crippen LogP contribution is -2.33. The van der Waals surface area contributed by atoms with Crippen molar-refractivity contribution in [2.45, 2.75) is 26.2 Å². The van der Waals surface area contributed by atoms with Crippen LogP contribution in [0.25, 0.3) is 0 Å². The topological polar surface area (TPSA) is 64.1 Å². The predicted molar refractivity (Wildman–Crippen MR) is 63.8 cm³/mol. The van der Waals surface area contributed by atoms with Gasteiger partial charge in [0.05, 0.1) is 19.5 Å². The average Bonchev–Trinajstić information content (AvgIpc) is 2.33. The van der Waals surface area contributed by atoms with Crippen LogP contribution in [-0.4, -0.2) is 29.6 Å². The van der Waals surface area contributed by atoms with Crippen molar-refractivity contribution in [2.75, 3.05) is 19.0 Å². The molecule has 5 nitrogen and oxygen atoms in total. The molecule has 0 spiro atoms. The molecule has 0 saturated heterocycles. The molecule has 0 aliphatic heterocycles. The molecule has 1 aliphatic rings. The van der Waals surface area contributed by atoms with Crippen molar-refractivity contribution in [3.05, 3.63) is 18.1 Å². The Morgan fingerprint density at radius 1 is 1.47 bits per heavy atom. The van der Waals surface area contributed by atoms with Crippen LogP contribution >= 0.6 is 0 Å². The molecule has 17 heavy (non-hydrogen) atoms. The smallest absolute Gasteiger partial charge is 0.358 e. The molecule has 1 saturated carbocycles. The van der Waals surface area contributed by atoms with Crippen molar-refractivity contribution < 1.29 is 9.53 Å². The number of aromatic nitrogens is 2. The van der Waals surface area contributed by atoms with Gasteiger partial charge in [0, 0.05) is 6.54 Å². The molecule has 0 unspecified atom stereocenters. The molecule has 2 rings (SSSR count). The third-order valence-corrected chi connectivity index (χ3v) is 3.30. The lowest BCUT2D eigenvalue weighted by Gasteiger charge is -2.38. The van der Waals surface area contributed by atoms with Crippen LogP contribution in [-0.2, 0) is 4.74 Å². The summed E-state index contributed by atoms with van der Waals surface area (Å²) < 4.78 is 4.56. The summed E-state index contributed by atoms with van der Waals surface area (Å²) in [5, 5.41) is 3.25. The molecular weight excluding hydrogens is 218 g/mol. The van der Waals surface area contributed by atoms with E-state index in [1.54, 1.807) is 6.20 Å². The third kappa shape index (κ3) is 2.72. The molecule has 1 aromatic rings. The number of nitrogens with zero attached hydrogens (tertiary/aromatic N) is 2. The molecule has 1 fully saturated rings. The fourth-order valence-electron chi connectivity index (χ4n) is 1.89. The highest BCUT2D eigenvalue weighted by Crippen LogP contribution is 2.39. The van der Waals surface area contributed by atoms with Crippen molar-refractivity contribution in [3.63, 3.8) is 0 Å². The summed E-state index contributed by atoms with van der Waals surface area (Å²) in [5.74, 6) is 0.237. The Kier molecular flexibility index (Phi) is 3.26. The number of esters is 1. The SMILES string of the molecule is COC(=O)c1cnc(NCC2(C)CCC2)cn1. The zero-order chi connectivity index (χ0) is 12.3. The highest BCUT2D eigenvalue weighted by atomic mass is 16.5. The van der Waals surface area contributed by atoms with Gasteiger partial charge in [0.2, 0.25) is 0 Å². The van der Waals surface area contributed by atoms with Crippen molar-refractivity contribution >= 4 is 11.8 Å². The molecule has 92 valence electrons. The lowest BCUT2D eigenvalue weighted by atomic mass is 9.70. The van der Waals surface area contributed by atoms with Crippen LogP contribution in [0, 0.1) is 5.41 Å². The van der Waals surface area contributed by atoms with Crippen molar-refractivity contribution in [1.29, 1.82) is 0 Å². The molecule has 0 atom stereocenters. The lowest BCUT2D eigenvalue weighted by molar-refractivity contribution is 0.0593. The third-order valence-electron chi connectivity index (χ3n) is 3.30. The van der Waals surface area contributed by atoms with Crippen LogP contribution in [0.5, 0.6) is 0 Å². The average molecular weight is 235 g/mol. The number of nitrogens with one attached hydrogen (secondary N) is 1. The molecule has 1 heterocycles. The fraction of sp³-hybridized carbons (Fsp3) is 0.583. The number of anilines is 1. The summed E-state index contributed by atoms with van der Waals surface area (Å²) in [7, 11) is 1.33. The maximum absolute atomic E-state index is 11.2. The quantitative estimate of drug-likeness (QED) is 0.807. The first-order chi connectivity index (χ1) is 8.13. The van der Waals surface area contributed by atoms with Crippen LogP contribution in [0.1, 0.15) is 36.7 Å². The van der Waals surface area contributed by atoms with E-state index in [2.05, 4.69) is 26.9 Å². The minimum Gasteiger partial charge on any atom is -0.464 e. The zero-order valence-corrected chi connectivity index (χ0v) is 10.2. The van der Waals surface area contributed by atoms with E-state index in [9.17, 15) is 4.79 Å². The Hall–Kier alpha value is -1.65. The second kappa shape index (κ2) is 4.69. The molecule has 1 aromatic heterocycles. The fourth-order valence-corrected chi connectivity index (χ4v) is 1.89. The van der Waals surface area contributed by atoms with Crippen LogP contribution in [0.4, 0.5) is 5.82 Å². The van der Waals surface area contributed by atoms with Gasteiger partial charge in [0.25, 0.3) is 0 Å². The summed E-state index contributed by atoms with van der Waals surface area (Å²) in [6, 6.07) is 0. The number of carbonyl (C=O) groups excluding carboxylic acids is 1. The Bertz CT molecular complexity index is 399. The molecule has 1 N–H and O–H groups in total. The molecular formula is C12H17N3O2. The summed E-state index contributed by atoms with van der Waals surface area (Å²) in [6.45, 7) is 3.17. The van der Waals surface area contributed by atoms with Crippen molar-refractivity contribution in [3.8, 4) is 0 Å². The van der Waals surface area contributed by atoms with Crippen LogP contribution in [0.15, 0.2) is 12.4 Å². The van der Waals surface area contributed by atoms with Crippen molar-refractivity contribution in [2.24, 2.45) is 5.41 Å². The summed E-state index contributed by atoms with van der Waals surface area (Å²) >= 11 is 0. The molecule has 0 bridgehead atoms. The molecule has 0 aromatic carbocycles. The van der Waals surface area contributed by atoms with Gasteiger partial charge in [-0.25, -0.2) is 14.8 Å². The Labute approximate surface area is 101 Å².